The van der Waals surface area contributed by atoms with Crippen molar-refractivity contribution in [1.29, 1.82) is 0 Å². The average Bonchev–Trinajstić information content (AvgIpc) is 2.79. The number of terminal acetylenes is 1. The molecule has 6 heteroatoms. The van der Waals surface area contributed by atoms with Gasteiger partial charge in [-0.25, -0.2) is 0 Å². The van der Waals surface area contributed by atoms with Crippen LogP contribution < -0.4 is 10.1 Å². The van der Waals surface area contributed by atoms with E-state index in [1.54, 1.807) is 0 Å². The van der Waals surface area contributed by atoms with Gasteiger partial charge in [0.2, 0.25) is 5.88 Å². The third-order valence-corrected chi connectivity index (χ3v) is 2.28. The minimum atomic E-state index is -0.549. The molecule has 5 nitrogen and oxygen atoms in total. The molecule has 1 aromatic rings. The number of nitrogens with one attached hydrogen (secondary N) is 1. The molecule has 1 heterocycles. The highest BCUT2D eigenvalue weighted by atomic mass is 32.1. The smallest absolute Gasteiger partial charge is 0.245 e. The van der Waals surface area contributed by atoms with Crippen LogP contribution in [-0.2, 0) is 0 Å². The van der Waals surface area contributed by atoms with E-state index in [1.165, 1.54) is 6.20 Å². The van der Waals surface area contributed by atoms with Gasteiger partial charge in [-0.15, -0.1) is 16.7 Å². The zero-order valence-electron chi connectivity index (χ0n) is 8.93. The molecule has 1 aromatic heterocycles. The number of unbranched alkanes of at least 4 members (excludes halogenated alkanes) is 1. The van der Waals surface area contributed by atoms with Gasteiger partial charge in [0.05, 0.1) is 11.7 Å². The summed E-state index contributed by atoms with van der Waals surface area (Å²) >= 11 is 1.08. The van der Waals surface area contributed by atoms with E-state index in [0.29, 0.717) is 12.4 Å². The Morgan fingerprint density at radius 1 is 1.69 bits per heavy atom. The molecule has 0 spiro atoms. The van der Waals surface area contributed by atoms with Gasteiger partial charge >= 0.3 is 0 Å². The first-order valence-electron chi connectivity index (χ1n) is 5.05. The molecular weight excluding hydrogens is 226 g/mol. The van der Waals surface area contributed by atoms with E-state index in [9.17, 15) is 5.11 Å². The molecular formula is C10H15N3O2S. The normalized spacial score (nSPS) is 12.0. The number of nitrogens with zero attached hydrogens (tertiary/aromatic N) is 2. The SMILES string of the molecule is C#CCCCNCC(O)COc1cnsn1. The van der Waals surface area contributed by atoms with Gasteiger partial charge in [-0.3, -0.25) is 0 Å². The van der Waals surface area contributed by atoms with Crippen molar-refractivity contribution in [2.45, 2.75) is 18.9 Å². The Morgan fingerprint density at radius 2 is 2.56 bits per heavy atom. The fraction of sp³-hybridized carbons (Fsp3) is 0.600. The Morgan fingerprint density at radius 3 is 3.25 bits per heavy atom. The Kier molecular flexibility index (Phi) is 6.49. The summed E-state index contributed by atoms with van der Waals surface area (Å²) in [7, 11) is 0. The summed E-state index contributed by atoms with van der Waals surface area (Å²) in [6.45, 7) is 1.51. The summed E-state index contributed by atoms with van der Waals surface area (Å²) in [5.74, 6) is 3.01. The van der Waals surface area contributed by atoms with Crippen LogP contribution in [0.2, 0.25) is 0 Å². The van der Waals surface area contributed by atoms with Crippen LogP contribution in [-0.4, -0.2) is 39.7 Å². The molecule has 0 radical (unpaired) electrons. The van der Waals surface area contributed by atoms with Crippen molar-refractivity contribution in [2.75, 3.05) is 19.7 Å². The summed E-state index contributed by atoms with van der Waals surface area (Å²) in [5, 5.41) is 12.6. The zero-order valence-corrected chi connectivity index (χ0v) is 9.74. The van der Waals surface area contributed by atoms with E-state index in [1.807, 2.05) is 0 Å². The quantitative estimate of drug-likeness (QED) is 0.505. The van der Waals surface area contributed by atoms with Gasteiger partial charge in [-0.05, 0) is 13.0 Å². The lowest BCUT2D eigenvalue weighted by Crippen LogP contribution is -2.32. The number of aliphatic hydroxyl groups excluding tert-OH is 1. The number of hydrogen-bond donors (Lipinski definition) is 2. The predicted octanol–water partition coefficient (Wildman–Crippen LogP) is 0.281. The summed E-state index contributed by atoms with van der Waals surface area (Å²) in [4.78, 5) is 0. The standard InChI is InChI=1S/C10H15N3O2S/c1-2-3-4-5-11-6-9(14)8-15-10-7-12-16-13-10/h1,7,9,11,14H,3-6,8H2. The summed E-state index contributed by atoms with van der Waals surface area (Å²) in [6, 6.07) is 0. The molecule has 1 atom stereocenters. The lowest BCUT2D eigenvalue weighted by atomic mass is 10.3. The Hall–Kier alpha value is -1.16. The van der Waals surface area contributed by atoms with Crippen LogP contribution in [0.4, 0.5) is 0 Å². The van der Waals surface area contributed by atoms with E-state index < -0.39 is 6.10 Å². The van der Waals surface area contributed by atoms with Crippen LogP contribution in [0.3, 0.4) is 0 Å². The highest BCUT2D eigenvalue weighted by Crippen LogP contribution is 2.04. The van der Waals surface area contributed by atoms with E-state index in [4.69, 9.17) is 11.2 Å². The molecule has 0 bridgehead atoms. The molecule has 0 aliphatic heterocycles. The van der Waals surface area contributed by atoms with Gasteiger partial charge in [-0.2, -0.15) is 4.37 Å². The third kappa shape index (κ3) is 5.66. The van der Waals surface area contributed by atoms with E-state index in [0.717, 1.165) is 31.1 Å². The minimum Gasteiger partial charge on any atom is -0.473 e. The number of aliphatic hydroxyl groups is 1. The largest absolute Gasteiger partial charge is 0.473 e. The highest BCUT2D eigenvalue weighted by Gasteiger charge is 2.05. The second-order valence-corrected chi connectivity index (χ2v) is 3.78. The van der Waals surface area contributed by atoms with Crippen molar-refractivity contribution in [3.8, 4) is 18.2 Å². The Labute approximate surface area is 99.2 Å². The fourth-order valence-electron chi connectivity index (χ4n) is 1.04. The number of ether oxygens (including phenoxy) is 1. The van der Waals surface area contributed by atoms with Crippen LogP contribution in [0.15, 0.2) is 6.20 Å². The first-order valence-corrected chi connectivity index (χ1v) is 5.78. The molecule has 1 unspecified atom stereocenters. The first kappa shape index (κ1) is 12.9. The van der Waals surface area contributed by atoms with E-state index >= 15 is 0 Å². The van der Waals surface area contributed by atoms with Crippen LogP contribution in [0, 0.1) is 12.3 Å². The maximum Gasteiger partial charge on any atom is 0.245 e. The zero-order chi connectivity index (χ0) is 11.6. The molecule has 0 aliphatic carbocycles. The number of hydrogen-bond acceptors (Lipinski definition) is 6. The summed E-state index contributed by atoms with van der Waals surface area (Å²) in [6.07, 6.45) is 7.76. The predicted molar refractivity (Wildman–Crippen MR) is 62.3 cm³/mol. The second-order valence-electron chi connectivity index (χ2n) is 3.22. The van der Waals surface area contributed by atoms with E-state index in [-0.39, 0.29) is 6.61 Å². The van der Waals surface area contributed by atoms with Crippen molar-refractivity contribution in [2.24, 2.45) is 0 Å². The van der Waals surface area contributed by atoms with Crippen molar-refractivity contribution < 1.29 is 9.84 Å². The molecule has 0 aromatic carbocycles. The maximum absolute atomic E-state index is 9.53. The number of rotatable bonds is 8. The van der Waals surface area contributed by atoms with Gasteiger partial charge in [0.25, 0.3) is 0 Å². The van der Waals surface area contributed by atoms with Gasteiger partial charge in [-0.1, -0.05) is 0 Å². The maximum atomic E-state index is 9.53. The molecule has 0 saturated heterocycles. The number of aromatic nitrogens is 2. The second kappa shape index (κ2) is 8.05. The third-order valence-electron chi connectivity index (χ3n) is 1.82. The minimum absolute atomic E-state index is 0.216. The average molecular weight is 241 g/mol. The lowest BCUT2D eigenvalue weighted by molar-refractivity contribution is 0.104. The summed E-state index contributed by atoms with van der Waals surface area (Å²) in [5.41, 5.74) is 0. The van der Waals surface area contributed by atoms with Gasteiger partial charge in [0, 0.05) is 13.0 Å². The highest BCUT2D eigenvalue weighted by molar-refractivity contribution is 6.99. The van der Waals surface area contributed by atoms with E-state index in [2.05, 4.69) is 20.0 Å². The molecule has 88 valence electrons. The van der Waals surface area contributed by atoms with Gasteiger partial charge < -0.3 is 15.2 Å². The molecule has 1 rings (SSSR count). The molecule has 0 amide bonds. The summed E-state index contributed by atoms with van der Waals surface area (Å²) < 4.78 is 12.8. The topological polar surface area (TPSA) is 67.3 Å². The first-order chi connectivity index (χ1) is 7.83. The molecule has 16 heavy (non-hydrogen) atoms. The van der Waals surface area contributed by atoms with Crippen molar-refractivity contribution in [1.82, 2.24) is 14.1 Å². The monoisotopic (exact) mass is 241 g/mol. The van der Waals surface area contributed by atoms with Crippen molar-refractivity contribution in [3.05, 3.63) is 6.20 Å². The fourth-order valence-corrected chi connectivity index (χ4v) is 1.41. The molecule has 0 fully saturated rings. The van der Waals surface area contributed by atoms with Crippen molar-refractivity contribution in [3.63, 3.8) is 0 Å². The van der Waals surface area contributed by atoms with Crippen molar-refractivity contribution >= 4 is 11.7 Å². The Balaban J connectivity index is 1.99. The Bertz CT molecular complexity index is 310. The molecule has 2 N–H and O–H groups in total. The van der Waals surface area contributed by atoms with Gasteiger partial charge in [0.15, 0.2) is 0 Å². The van der Waals surface area contributed by atoms with Gasteiger partial charge in [0.1, 0.15) is 18.9 Å². The van der Waals surface area contributed by atoms with Crippen LogP contribution in [0.25, 0.3) is 0 Å². The molecule has 0 aliphatic rings. The lowest BCUT2D eigenvalue weighted by Gasteiger charge is -2.11. The van der Waals surface area contributed by atoms with Crippen LogP contribution in [0.5, 0.6) is 5.88 Å². The van der Waals surface area contributed by atoms with Crippen LogP contribution >= 0.6 is 11.7 Å². The van der Waals surface area contributed by atoms with Crippen LogP contribution in [0.1, 0.15) is 12.8 Å². The molecule has 0 saturated carbocycles.